The number of esters is 1. The molecule has 1 aromatic carbocycles. The summed E-state index contributed by atoms with van der Waals surface area (Å²) in [4.78, 5) is 12.9. The smallest absolute Gasteiger partial charge is 0.308 e. The molecule has 1 atom stereocenters. The predicted molar refractivity (Wildman–Crippen MR) is 84.9 cm³/mol. The molecule has 4 nitrogen and oxygen atoms in total. The fraction of sp³-hybridized carbons (Fsp3) is 0.312. The molecule has 1 N–H and O–H groups in total. The second-order valence-electron chi connectivity index (χ2n) is 4.45. The van der Waals surface area contributed by atoms with Gasteiger partial charge in [0.05, 0.1) is 26.2 Å². The van der Waals surface area contributed by atoms with E-state index in [1.165, 1.54) is 0 Å². The van der Waals surface area contributed by atoms with Crippen molar-refractivity contribution in [1.82, 2.24) is 0 Å². The number of thiophene rings is 1. The van der Waals surface area contributed by atoms with Crippen LogP contribution in [0.3, 0.4) is 0 Å². The number of ether oxygens (including phenoxy) is 2. The van der Waals surface area contributed by atoms with Gasteiger partial charge < -0.3 is 14.8 Å². The van der Waals surface area contributed by atoms with Crippen LogP contribution in [-0.2, 0) is 9.53 Å². The number of hydrogen-bond acceptors (Lipinski definition) is 5. The molecule has 1 heterocycles. The fourth-order valence-electron chi connectivity index (χ4n) is 1.99. The number of hydrogen-bond donors (Lipinski definition) is 1. The van der Waals surface area contributed by atoms with E-state index < -0.39 is 0 Å². The van der Waals surface area contributed by atoms with Crippen LogP contribution in [0.25, 0.3) is 0 Å². The average Bonchev–Trinajstić information content (AvgIpc) is 3.02. The minimum Gasteiger partial charge on any atom is -0.497 e. The van der Waals surface area contributed by atoms with Crippen molar-refractivity contribution in [2.75, 3.05) is 19.0 Å². The van der Waals surface area contributed by atoms with Gasteiger partial charge in [0.2, 0.25) is 0 Å². The van der Waals surface area contributed by atoms with Gasteiger partial charge in [-0.3, -0.25) is 4.79 Å². The van der Waals surface area contributed by atoms with E-state index in [1.54, 1.807) is 18.4 Å². The first-order chi connectivity index (χ1) is 10.2. The van der Waals surface area contributed by atoms with E-state index >= 15 is 0 Å². The van der Waals surface area contributed by atoms with Crippen LogP contribution in [0.5, 0.6) is 5.75 Å². The van der Waals surface area contributed by atoms with E-state index in [2.05, 4.69) is 5.32 Å². The van der Waals surface area contributed by atoms with Gasteiger partial charge in [0.1, 0.15) is 5.75 Å². The zero-order chi connectivity index (χ0) is 15.1. The highest BCUT2D eigenvalue weighted by molar-refractivity contribution is 7.10. The number of carbonyl (C=O) groups is 1. The molecule has 0 aliphatic heterocycles. The van der Waals surface area contributed by atoms with Gasteiger partial charge in [0.25, 0.3) is 0 Å². The molecule has 5 heteroatoms. The molecule has 0 aliphatic carbocycles. The molecular formula is C16H19NO3S. The normalized spacial score (nSPS) is 11.7. The van der Waals surface area contributed by atoms with Crippen LogP contribution in [0.15, 0.2) is 41.8 Å². The van der Waals surface area contributed by atoms with Gasteiger partial charge in [-0.2, -0.15) is 0 Å². The third-order valence-corrected chi connectivity index (χ3v) is 3.98. The first-order valence-electron chi connectivity index (χ1n) is 6.82. The molecule has 0 spiro atoms. The van der Waals surface area contributed by atoms with E-state index in [4.69, 9.17) is 9.47 Å². The lowest BCUT2D eigenvalue weighted by Gasteiger charge is -2.18. The van der Waals surface area contributed by atoms with Crippen molar-refractivity contribution in [2.24, 2.45) is 0 Å². The number of carbonyl (C=O) groups excluding carboxylic acids is 1. The molecule has 0 radical (unpaired) electrons. The second kappa shape index (κ2) is 7.69. The molecule has 112 valence electrons. The second-order valence-corrected chi connectivity index (χ2v) is 5.43. The Kier molecular flexibility index (Phi) is 5.63. The largest absolute Gasteiger partial charge is 0.497 e. The summed E-state index contributed by atoms with van der Waals surface area (Å²) in [5, 5.41) is 5.38. The molecule has 0 aliphatic rings. The Hall–Kier alpha value is -2.01. The zero-order valence-electron chi connectivity index (χ0n) is 12.2. The average molecular weight is 305 g/mol. The number of nitrogens with one attached hydrogen (secondary N) is 1. The lowest BCUT2D eigenvalue weighted by atomic mass is 10.1. The fourth-order valence-corrected chi connectivity index (χ4v) is 2.77. The first kappa shape index (κ1) is 15.4. The van der Waals surface area contributed by atoms with Crippen molar-refractivity contribution in [3.05, 3.63) is 46.7 Å². The van der Waals surface area contributed by atoms with Gasteiger partial charge in [0, 0.05) is 10.6 Å². The van der Waals surface area contributed by atoms with Crippen molar-refractivity contribution in [1.29, 1.82) is 0 Å². The highest BCUT2D eigenvalue weighted by atomic mass is 32.1. The highest BCUT2D eigenvalue weighted by Gasteiger charge is 2.17. The molecule has 2 aromatic rings. The van der Waals surface area contributed by atoms with Crippen LogP contribution in [0.2, 0.25) is 0 Å². The van der Waals surface area contributed by atoms with Crippen LogP contribution < -0.4 is 10.1 Å². The van der Waals surface area contributed by atoms with Crippen molar-refractivity contribution in [2.45, 2.75) is 19.4 Å². The van der Waals surface area contributed by atoms with Crippen LogP contribution in [0.4, 0.5) is 5.69 Å². The molecule has 0 bridgehead atoms. The zero-order valence-corrected chi connectivity index (χ0v) is 13.0. The number of rotatable bonds is 7. The Bertz CT molecular complexity index is 551. The summed E-state index contributed by atoms with van der Waals surface area (Å²) in [7, 11) is 1.64. The van der Waals surface area contributed by atoms with E-state index in [-0.39, 0.29) is 12.0 Å². The van der Waals surface area contributed by atoms with Gasteiger partial charge in [0.15, 0.2) is 0 Å². The summed E-state index contributed by atoms with van der Waals surface area (Å²) in [6.45, 7) is 2.22. The van der Waals surface area contributed by atoms with Crippen molar-refractivity contribution in [3.63, 3.8) is 0 Å². The van der Waals surface area contributed by atoms with E-state index in [9.17, 15) is 4.79 Å². The molecule has 0 unspecified atom stereocenters. The summed E-state index contributed by atoms with van der Waals surface area (Å²) in [6.07, 6.45) is 0.306. The van der Waals surface area contributed by atoms with Crippen LogP contribution in [0.1, 0.15) is 24.3 Å². The maximum absolute atomic E-state index is 11.8. The topological polar surface area (TPSA) is 47.6 Å². The molecular weight excluding hydrogens is 286 g/mol. The van der Waals surface area contributed by atoms with Gasteiger partial charge in [-0.1, -0.05) is 6.07 Å². The van der Waals surface area contributed by atoms with Crippen LogP contribution in [-0.4, -0.2) is 19.7 Å². The Balaban J connectivity index is 2.09. The van der Waals surface area contributed by atoms with Crippen molar-refractivity contribution in [3.8, 4) is 5.75 Å². The standard InChI is InChI=1S/C16H19NO3S/c1-3-20-16(18)11-14(15-5-4-10-21-15)17-12-6-8-13(19-2)9-7-12/h4-10,14,17H,3,11H2,1-2H3/t14-/m0/s1. The molecule has 0 fully saturated rings. The third-order valence-electron chi connectivity index (χ3n) is 2.99. The maximum Gasteiger partial charge on any atom is 0.308 e. The molecule has 21 heavy (non-hydrogen) atoms. The molecule has 0 saturated heterocycles. The monoisotopic (exact) mass is 305 g/mol. The number of methoxy groups -OCH3 is 1. The van der Waals surface area contributed by atoms with Gasteiger partial charge >= 0.3 is 5.97 Å². The number of anilines is 1. The minimum atomic E-state index is -0.197. The van der Waals surface area contributed by atoms with E-state index in [0.717, 1.165) is 16.3 Å². The SMILES string of the molecule is CCOC(=O)C[C@H](Nc1ccc(OC)cc1)c1cccs1. The van der Waals surface area contributed by atoms with Gasteiger partial charge in [-0.25, -0.2) is 0 Å². The maximum atomic E-state index is 11.8. The van der Waals surface area contributed by atoms with Gasteiger partial charge in [-0.05, 0) is 42.6 Å². The van der Waals surface area contributed by atoms with E-state index in [1.807, 2.05) is 48.7 Å². The predicted octanol–water partition coefficient (Wildman–Crippen LogP) is 3.86. The van der Waals surface area contributed by atoms with Gasteiger partial charge in [-0.15, -0.1) is 11.3 Å². The lowest BCUT2D eigenvalue weighted by Crippen LogP contribution is -2.16. The Morgan fingerprint density at radius 1 is 1.29 bits per heavy atom. The van der Waals surface area contributed by atoms with E-state index in [0.29, 0.717) is 13.0 Å². The highest BCUT2D eigenvalue weighted by Crippen LogP contribution is 2.27. The molecule has 2 rings (SSSR count). The third kappa shape index (κ3) is 4.49. The summed E-state index contributed by atoms with van der Waals surface area (Å²) in [6, 6.07) is 11.6. The Labute approximate surface area is 128 Å². The Morgan fingerprint density at radius 3 is 2.62 bits per heavy atom. The summed E-state index contributed by atoms with van der Waals surface area (Å²) in [5.74, 6) is 0.607. The summed E-state index contributed by atoms with van der Waals surface area (Å²) >= 11 is 1.62. The summed E-state index contributed by atoms with van der Waals surface area (Å²) in [5.41, 5.74) is 0.943. The van der Waals surface area contributed by atoms with Crippen molar-refractivity contribution < 1.29 is 14.3 Å². The molecule has 0 amide bonds. The van der Waals surface area contributed by atoms with Crippen molar-refractivity contribution >= 4 is 23.0 Å². The molecule has 1 aromatic heterocycles. The quantitative estimate of drug-likeness (QED) is 0.789. The first-order valence-corrected chi connectivity index (χ1v) is 7.70. The Morgan fingerprint density at radius 2 is 2.05 bits per heavy atom. The molecule has 0 saturated carbocycles. The summed E-state index contributed by atoms with van der Waals surface area (Å²) < 4.78 is 10.2. The number of benzene rings is 1. The lowest BCUT2D eigenvalue weighted by molar-refractivity contribution is -0.143. The minimum absolute atomic E-state index is 0.0857. The van der Waals surface area contributed by atoms with Crippen LogP contribution >= 0.6 is 11.3 Å². The van der Waals surface area contributed by atoms with Crippen LogP contribution in [0, 0.1) is 0 Å².